The number of ether oxygens (including phenoxy) is 1. The first kappa shape index (κ1) is 18.8. The Hall–Kier alpha value is -2.53. The van der Waals surface area contributed by atoms with Gasteiger partial charge in [-0.05, 0) is 42.0 Å². The highest BCUT2D eigenvalue weighted by atomic mass is 35.5. The summed E-state index contributed by atoms with van der Waals surface area (Å²) in [4.78, 5) is 26.9. The van der Waals surface area contributed by atoms with Crippen LogP contribution in [0.25, 0.3) is 0 Å². The van der Waals surface area contributed by atoms with E-state index in [0.717, 1.165) is 11.3 Å². The lowest BCUT2D eigenvalue weighted by Crippen LogP contribution is -2.37. The molecule has 2 aromatic carbocycles. The lowest BCUT2D eigenvalue weighted by Gasteiger charge is -2.19. The molecule has 0 spiro atoms. The molecule has 0 atom stereocenters. The number of hydrogen-bond donors (Lipinski definition) is 0. The molecule has 0 aliphatic rings. The number of nitrogens with zero attached hydrogens (tertiary/aromatic N) is 2. The summed E-state index contributed by atoms with van der Waals surface area (Å²) >= 11 is 5.83. The summed E-state index contributed by atoms with van der Waals surface area (Å²) < 4.78 is 5.67. The van der Waals surface area contributed by atoms with Crippen molar-refractivity contribution < 1.29 is 14.3 Å². The Kier molecular flexibility index (Phi) is 6.42. The molecule has 6 heteroatoms. The summed E-state index contributed by atoms with van der Waals surface area (Å²) in [6.45, 7) is 0.443. The van der Waals surface area contributed by atoms with Crippen LogP contribution in [0, 0.1) is 0 Å². The van der Waals surface area contributed by atoms with Gasteiger partial charge in [0, 0.05) is 31.7 Å². The average molecular weight is 361 g/mol. The Morgan fingerprint density at radius 3 is 2.12 bits per heavy atom. The number of likely N-dealkylation sites (N-methyl/N-ethyl adjacent to an activating group) is 2. The summed E-state index contributed by atoms with van der Waals surface area (Å²) in [5, 5.41) is 0.659. The van der Waals surface area contributed by atoms with Gasteiger partial charge in [0.2, 0.25) is 5.91 Å². The maximum absolute atomic E-state index is 12.3. The number of hydrogen-bond acceptors (Lipinski definition) is 3. The molecule has 0 saturated carbocycles. The summed E-state index contributed by atoms with van der Waals surface area (Å²) in [6.07, 6.45) is 0. The maximum Gasteiger partial charge on any atom is 0.254 e. The van der Waals surface area contributed by atoms with E-state index < -0.39 is 0 Å². The van der Waals surface area contributed by atoms with Crippen molar-refractivity contribution >= 4 is 23.4 Å². The van der Waals surface area contributed by atoms with Gasteiger partial charge in [-0.1, -0.05) is 23.7 Å². The van der Waals surface area contributed by atoms with Crippen molar-refractivity contribution in [2.75, 3.05) is 27.7 Å². The first-order valence-electron chi connectivity index (χ1n) is 7.79. The molecule has 0 bridgehead atoms. The highest BCUT2D eigenvalue weighted by Gasteiger charge is 2.15. The summed E-state index contributed by atoms with van der Waals surface area (Å²) in [7, 11) is 4.94. The van der Waals surface area contributed by atoms with E-state index in [-0.39, 0.29) is 18.4 Å². The fourth-order valence-corrected chi connectivity index (χ4v) is 2.20. The minimum atomic E-state index is -0.194. The van der Waals surface area contributed by atoms with Gasteiger partial charge in [0.05, 0.1) is 6.54 Å². The monoisotopic (exact) mass is 360 g/mol. The van der Waals surface area contributed by atoms with Gasteiger partial charge < -0.3 is 14.5 Å². The maximum atomic E-state index is 12.3. The van der Waals surface area contributed by atoms with Gasteiger partial charge in [-0.3, -0.25) is 9.59 Å². The second-order valence-corrected chi connectivity index (χ2v) is 6.33. The van der Waals surface area contributed by atoms with E-state index in [9.17, 15) is 9.59 Å². The van der Waals surface area contributed by atoms with Crippen molar-refractivity contribution in [3.05, 3.63) is 64.7 Å². The second kappa shape index (κ2) is 8.53. The van der Waals surface area contributed by atoms with Crippen LogP contribution < -0.4 is 4.74 Å². The molecule has 0 aromatic heterocycles. The molecule has 25 heavy (non-hydrogen) atoms. The van der Waals surface area contributed by atoms with E-state index in [4.69, 9.17) is 16.3 Å². The first-order valence-corrected chi connectivity index (χ1v) is 8.17. The average Bonchev–Trinajstić information content (AvgIpc) is 2.61. The summed E-state index contributed by atoms with van der Waals surface area (Å²) in [5.74, 6) is 0.413. The van der Waals surface area contributed by atoms with Crippen LogP contribution in [0.3, 0.4) is 0 Å². The van der Waals surface area contributed by atoms with Crippen LogP contribution in [0.1, 0.15) is 15.9 Å². The molecule has 0 fully saturated rings. The van der Waals surface area contributed by atoms with Crippen LogP contribution in [-0.2, 0) is 11.4 Å². The third-order valence-corrected chi connectivity index (χ3v) is 3.89. The molecule has 0 N–H and O–H groups in total. The van der Waals surface area contributed by atoms with Crippen molar-refractivity contribution in [2.24, 2.45) is 0 Å². The van der Waals surface area contributed by atoms with Crippen LogP contribution >= 0.6 is 11.6 Å². The lowest BCUT2D eigenvalue weighted by atomic mass is 10.1. The molecule has 2 rings (SSSR count). The Morgan fingerprint density at radius 2 is 1.56 bits per heavy atom. The lowest BCUT2D eigenvalue weighted by molar-refractivity contribution is -0.129. The summed E-state index contributed by atoms with van der Waals surface area (Å²) in [5.41, 5.74) is 1.47. The van der Waals surface area contributed by atoms with Gasteiger partial charge in [-0.25, -0.2) is 0 Å². The van der Waals surface area contributed by atoms with Gasteiger partial charge in [0.25, 0.3) is 5.91 Å². The van der Waals surface area contributed by atoms with E-state index in [1.54, 1.807) is 57.5 Å². The minimum absolute atomic E-state index is 0.0489. The zero-order valence-electron chi connectivity index (χ0n) is 14.5. The van der Waals surface area contributed by atoms with Crippen molar-refractivity contribution in [3.63, 3.8) is 0 Å². The number of benzene rings is 2. The number of carbonyl (C=O) groups excluding carboxylic acids is 2. The molecule has 0 aliphatic carbocycles. The zero-order valence-corrected chi connectivity index (χ0v) is 15.3. The molecule has 0 unspecified atom stereocenters. The number of amides is 2. The Morgan fingerprint density at radius 1 is 0.960 bits per heavy atom. The third kappa shape index (κ3) is 5.50. The molecular weight excluding hydrogens is 340 g/mol. The highest BCUT2D eigenvalue weighted by molar-refractivity contribution is 6.30. The van der Waals surface area contributed by atoms with Crippen LogP contribution in [0.15, 0.2) is 48.5 Å². The molecule has 0 radical (unpaired) electrons. The predicted octanol–water partition coefficient (Wildman–Crippen LogP) is 3.08. The third-order valence-electron chi connectivity index (χ3n) is 3.64. The molecule has 2 aromatic rings. The van der Waals surface area contributed by atoms with E-state index >= 15 is 0 Å². The zero-order chi connectivity index (χ0) is 18.4. The van der Waals surface area contributed by atoms with E-state index in [1.165, 1.54) is 9.80 Å². The number of rotatable bonds is 6. The molecule has 0 saturated heterocycles. The van der Waals surface area contributed by atoms with Crippen LogP contribution in [0.5, 0.6) is 5.75 Å². The van der Waals surface area contributed by atoms with Gasteiger partial charge in [-0.15, -0.1) is 0 Å². The standard InChI is InChI=1S/C19H21ClN2O3/c1-21(2)18(23)12-22(3)19(24)15-6-4-14(5-7-15)13-25-17-10-8-16(20)9-11-17/h4-11H,12-13H2,1-3H3. The van der Waals surface area contributed by atoms with Crippen LogP contribution in [0.4, 0.5) is 0 Å². The Balaban J connectivity index is 1.93. The minimum Gasteiger partial charge on any atom is -0.489 e. The number of carbonyl (C=O) groups is 2. The normalized spacial score (nSPS) is 10.2. The van der Waals surface area contributed by atoms with E-state index in [1.807, 2.05) is 12.1 Å². The van der Waals surface area contributed by atoms with Crippen molar-refractivity contribution in [1.82, 2.24) is 9.80 Å². The molecule has 0 aliphatic heterocycles. The Bertz CT molecular complexity index is 727. The largest absolute Gasteiger partial charge is 0.489 e. The molecule has 132 valence electrons. The van der Waals surface area contributed by atoms with Gasteiger partial charge in [0.15, 0.2) is 0 Å². The van der Waals surface area contributed by atoms with Crippen molar-refractivity contribution in [1.29, 1.82) is 0 Å². The van der Waals surface area contributed by atoms with Crippen LogP contribution in [0.2, 0.25) is 5.02 Å². The first-order chi connectivity index (χ1) is 11.9. The van der Waals surface area contributed by atoms with E-state index in [0.29, 0.717) is 17.2 Å². The molecule has 2 amide bonds. The smallest absolute Gasteiger partial charge is 0.254 e. The quantitative estimate of drug-likeness (QED) is 0.795. The van der Waals surface area contributed by atoms with Gasteiger partial charge in [0.1, 0.15) is 12.4 Å². The molecule has 5 nitrogen and oxygen atoms in total. The Labute approximate surface area is 152 Å². The van der Waals surface area contributed by atoms with Gasteiger partial charge in [-0.2, -0.15) is 0 Å². The van der Waals surface area contributed by atoms with Gasteiger partial charge >= 0.3 is 0 Å². The summed E-state index contributed by atoms with van der Waals surface area (Å²) in [6, 6.07) is 14.3. The van der Waals surface area contributed by atoms with Crippen molar-refractivity contribution in [3.8, 4) is 5.75 Å². The fraction of sp³-hybridized carbons (Fsp3) is 0.263. The molecular formula is C19H21ClN2O3. The van der Waals surface area contributed by atoms with Crippen molar-refractivity contribution in [2.45, 2.75) is 6.61 Å². The topological polar surface area (TPSA) is 49.9 Å². The SMILES string of the molecule is CN(C)C(=O)CN(C)C(=O)c1ccc(COc2ccc(Cl)cc2)cc1. The fourth-order valence-electron chi connectivity index (χ4n) is 2.08. The second-order valence-electron chi connectivity index (χ2n) is 5.89. The van der Waals surface area contributed by atoms with Crippen LogP contribution in [-0.4, -0.2) is 49.3 Å². The predicted molar refractivity (Wildman–Crippen MR) is 97.9 cm³/mol. The number of halogens is 1. The highest BCUT2D eigenvalue weighted by Crippen LogP contribution is 2.17. The molecule has 0 heterocycles. The van der Waals surface area contributed by atoms with E-state index in [2.05, 4.69) is 0 Å².